The second-order valence-electron chi connectivity index (χ2n) is 5.99. The molecule has 0 aromatic heterocycles. The van der Waals surface area contributed by atoms with Gasteiger partial charge in [0.15, 0.2) is 0 Å². The fraction of sp³-hybridized carbons (Fsp3) is 0.812. The minimum Gasteiger partial charge on any atom is -0.456 e. The summed E-state index contributed by atoms with van der Waals surface area (Å²) in [4.78, 5) is 29.5. The van der Waals surface area contributed by atoms with Crippen molar-refractivity contribution in [1.82, 2.24) is 0 Å². The topological polar surface area (TPSA) is 93.1 Å². The summed E-state index contributed by atoms with van der Waals surface area (Å²) in [6, 6.07) is 0. The van der Waals surface area contributed by atoms with Crippen molar-refractivity contribution in [3.05, 3.63) is 12.2 Å². The van der Waals surface area contributed by atoms with Gasteiger partial charge in [-0.05, 0) is 45.4 Å². The van der Waals surface area contributed by atoms with Crippen LogP contribution in [0.1, 0.15) is 72.1 Å². The fourth-order valence-corrected chi connectivity index (χ4v) is 2.75. The van der Waals surface area contributed by atoms with Gasteiger partial charge in [-0.1, -0.05) is 33.3 Å². The number of rotatable bonds is 13. The third-order valence-electron chi connectivity index (χ3n) is 3.67. The minimum absolute atomic E-state index is 0.0606. The average molecular weight is 350 g/mol. The number of unbranched alkanes of at least 4 members (excludes halogenated alkanes) is 2. The van der Waals surface area contributed by atoms with E-state index >= 15 is 0 Å². The molecule has 0 heterocycles. The first-order valence-corrected chi connectivity index (χ1v) is 9.77. The molecule has 0 saturated heterocycles. The van der Waals surface area contributed by atoms with Crippen molar-refractivity contribution in [2.45, 2.75) is 77.7 Å². The first kappa shape index (κ1) is 22.3. The zero-order valence-electron chi connectivity index (χ0n) is 14.5. The van der Waals surface area contributed by atoms with Crippen LogP contribution in [0.4, 0.5) is 0 Å². The summed E-state index contributed by atoms with van der Waals surface area (Å²) >= 11 is 0. The van der Waals surface area contributed by atoms with E-state index in [0.717, 1.165) is 38.5 Å². The molecular weight excluding hydrogens is 319 g/mol. The van der Waals surface area contributed by atoms with E-state index in [9.17, 15) is 9.36 Å². The van der Waals surface area contributed by atoms with Crippen LogP contribution in [-0.4, -0.2) is 28.0 Å². The molecule has 23 heavy (non-hydrogen) atoms. The van der Waals surface area contributed by atoms with Crippen molar-refractivity contribution in [3.63, 3.8) is 0 Å². The van der Waals surface area contributed by atoms with Crippen LogP contribution in [0, 0.1) is 0 Å². The standard InChI is InChI=1S/C16H31O6P/c1-5-7-10-16(11-8-6-2,22-15(17)14(3)4)12-9-13-21-23(18,19)20/h3,5-13H2,1-2,4H3,(H2,18,19,20). The molecule has 0 radical (unpaired) electrons. The maximum absolute atomic E-state index is 12.0. The van der Waals surface area contributed by atoms with Crippen molar-refractivity contribution in [2.24, 2.45) is 0 Å². The molecule has 0 aromatic carbocycles. The Kier molecular flexibility index (Phi) is 10.7. The van der Waals surface area contributed by atoms with Gasteiger partial charge in [-0.2, -0.15) is 0 Å². The quantitative estimate of drug-likeness (QED) is 0.225. The van der Waals surface area contributed by atoms with Crippen LogP contribution in [0.25, 0.3) is 0 Å². The molecule has 0 aliphatic carbocycles. The van der Waals surface area contributed by atoms with Crippen LogP contribution in [0.15, 0.2) is 12.2 Å². The fourth-order valence-electron chi connectivity index (χ4n) is 2.39. The molecule has 0 spiro atoms. The maximum atomic E-state index is 12.0. The summed E-state index contributed by atoms with van der Waals surface area (Å²) in [5.41, 5.74) is -0.255. The molecule has 0 saturated carbocycles. The third kappa shape index (κ3) is 10.7. The molecule has 2 N–H and O–H groups in total. The summed E-state index contributed by atoms with van der Waals surface area (Å²) in [5.74, 6) is -0.409. The Bertz CT molecular complexity index is 407. The molecular formula is C16H31O6P. The monoisotopic (exact) mass is 350 g/mol. The van der Waals surface area contributed by atoms with Gasteiger partial charge in [0.1, 0.15) is 5.60 Å². The lowest BCUT2D eigenvalue weighted by Crippen LogP contribution is -2.36. The Hall–Kier alpha value is -0.680. The second kappa shape index (κ2) is 11.0. The van der Waals surface area contributed by atoms with E-state index in [1.807, 2.05) is 0 Å². The number of hydrogen-bond donors (Lipinski definition) is 2. The number of hydrogen-bond acceptors (Lipinski definition) is 4. The predicted octanol–water partition coefficient (Wildman–Crippen LogP) is 4.11. The van der Waals surface area contributed by atoms with Crippen LogP contribution in [0.2, 0.25) is 0 Å². The Balaban J connectivity index is 4.91. The highest BCUT2D eigenvalue weighted by Gasteiger charge is 2.33. The molecule has 0 bridgehead atoms. The van der Waals surface area contributed by atoms with Gasteiger partial charge in [0.05, 0.1) is 6.61 Å². The molecule has 0 fully saturated rings. The highest BCUT2D eigenvalue weighted by atomic mass is 31.2. The number of phosphoric acid groups is 1. The minimum atomic E-state index is -4.46. The molecule has 7 heteroatoms. The number of carbonyl (C=O) groups excluding carboxylic acids is 1. The largest absolute Gasteiger partial charge is 0.469 e. The average Bonchev–Trinajstić information content (AvgIpc) is 2.46. The Morgan fingerprint density at radius 2 is 1.57 bits per heavy atom. The SMILES string of the molecule is C=C(C)C(=O)OC(CCCC)(CCCC)CCCOP(=O)(O)O. The molecule has 0 aliphatic heterocycles. The zero-order valence-corrected chi connectivity index (χ0v) is 15.4. The lowest BCUT2D eigenvalue weighted by atomic mass is 9.86. The van der Waals surface area contributed by atoms with Gasteiger partial charge in [-0.25, -0.2) is 9.36 Å². The second-order valence-corrected chi connectivity index (χ2v) is 7.23. The van der Waals surface area contributed by atoms with Gasteiger partial charge in [0.25, 0.3) is 0 Å². The number of carbonyl (C=O) groups is 1. The first-order valence-electron chi connectivity index (χ1n) is 8.24. The van der Waals surface area contributed by atoms with Crippen LogP contribution >= 0.6 is 7.82 Å². The van der Waals surface area contributed by atoms with Gasteiger partial charge in [0.2, 0.25) is 0 Å². The molecule has 0 rings (SSSR count). The molecule has 0 atom stereocenters. The van der Waals surface area contributed by atoms with Crippen molar-refractivity contribution >= 4 is 13.8 Å². The van der Waals surface area contributed by atoms with E-state index in [1.54, 1.807) is 6.92 Å². The summed E-state index contributed by atoms with van der Waals surface area (Å²) in [6.45, 7) is 9.32. The van der Waals surface area contributed by atoms with Gasteiger partial charge >= 0.3 is 13.8 Å². The Morgan fingerprint density at radius 3 is 1.96 bits per heavy atom. The van der Waals surface area contributed by atoms with Crippen LogP contribution in [-0.2, 0) is 18.6 Å². The van der Waals surface area contributed by atoms with E-state index in [1.165, 1.54) is 0 Å². The van der Waals surface area contributed by atoms with E-state index in [2.05, 4.69) is 25.0 Å². The Labute approximate surface area is 139 Å². The smallest absolute Gasteiger partial charge is 0.456 e. The highest BCUT2D eigenvalue weighted by Crippen LogP contribution is 2.37. The summed E-state index contributed by atoms with van der Waals surface area (Å²) < 4.78 is 21.0. The van der Waals surface area contributed by atoms with Gasteiger partial charge < -0.3 is 14.5 Å². The summed E-state index contributed by atoms with van der Waals surface area (Å²) in [7, 11) is -4.46. The maximum Gasteiger partial charge on any atom is 0.469 e. The zero-order chi connectivity index (χ0) is 17.9. The lowest BCUT2D eigenvalue weighted by molar-refractivity contribution is -0.158. The summed E-state index contributed by atoms with van der Waals surface area (Å²) in [6.07, 6.45) is 6.22. The van der Waals surface area contributed by atoms with E-state index in [0.29, 0.717) is 18.4 Å². The van der Waals surface area contributed by atoms with Crippen LogP contribution < -0.4 is 0 Å². The number of esters is 1. The van der Waals surface area contributed by atoms with Gasteiger partial charge in [-0.3, -0.25) is 4.52 Å². The van der Waals surface area contributed by atoms with Crippen molar-refractivity contribution in [3.8, 4) is 0 Å². The molecule has 0 unspecified atom stereocenters. The van der Waals surface area contributed by atoms with Crippen molar-refractivity contribution in [1.29, 1.82) is 0 Å². The molecule has 0 aliphatic rings. The highest BCUT2D eigenvalue weighted by molar-refractivity contribution is 7.46. The third-order valence-corrected chi connectivity index (χ3v) is 4.18. The van der Waals surface area contributed by atoms with Crippen LogP contribution in [0.5, 0.6) is 0 Å². The molecule has 6 nitrogen and oxygen atoms in total. The van der Waals surface area contributed by atoms with E-state index < -0.39 is 19.4 Å². The predicted molar refractivity (Wildman–Crippen MR) is 89.9 cm³/mol. The first-order chi connectivity index (χ1) is 10.7. The number of ether oxygens (including phenoxy) is 1. The number of phosphoric ester groups is 1. The van der Waals surface area contributed by atoms with E-state index in [4.69, 9.17) is 14.5 Å². The molecule has 0 amide bonds. The Morgan fingerprint density at radius 1 is 1.09 bits per heavy atom. The molecule has 136 valence electrons. The van der Waals surface area contributed by atoms with Gasteiger partial charge in [0, 0.05) is 5.57 Å². The normalized spacial score (nSPS) is 12.2. The van der Waals surface area contributed by atoms with Crippen LogP contribution in [0.3, 0.4) is 0 Å². The lowest BCUT2D eigenvalue weighted by Gasteiger charge is -2.34. The van der Waals surface area contributed by atoms with Crippen molar-refractivity contribution < 1.29 is 28.4 Å². The molecule has 0 aromatic rings. The van der Waals surface area contributed by atoms with Gasteiger partial charge in [-0.15, -0.1) is 0 Å². The van der Waals surface area contributed by atoms with Crippen molar-refractivity contribution in [2.75, 3.05) is 6.61 Å². The van der Waals surface area contributed by atoms with E-state index in [-0.39, 0.29) is 6.61 Å². The summed E-state index contributed by atoms with van der Waals surface area (Å²) in [5, 5.41) is 0.